The van der Waals surface area contributed by atoms with Crippen LogP contribution in [-0.4, -0.2) is 50.0 Å². The first kappa shape index (κ1) is 31.9. The van der Waals surface area contributed by atoms with Crippen molar-refractivity contribution >= 4 is 27.5 Å². The molecule has 3 rings (SSSR count). The summed E-state index contributed by atoms with van der Waals surface area (Å²) in [5, 5.41) is 3.08. The van der Waals surface area contributed by atoms with Crippen molar-refractivity contribution in [1.82, 2.24) is 10.2 Å². The van der Waals surface area contributed by atoms with Crippen LogP contribution in [0.25, 0.3) is 0 Å². The minimum Gasteiger partial charge on any atom is -0.352 e. The Morgan fingerprint density at radius 2 is 1.44 bits per heavy atom. The molecular weight excluding hydrogens is 534 g/mol. The summed E-state index contributed by atoms with van der Waals surface area (Å²) in [7, 11) is -3.54. The van der Waals surface area contributed by atoms with Crippen molar-refractivity contribution in [2.45, 2.75) is 72.0 Å². The summed E-state index contributed by atoms with van der Waals surface area (Å²) < 4.78 is 26.5. The summed E-state index contributed by atoms with van der Waals surface area (Å²) in [5.41, 5.74) is 4.59. The number of aryl methyl sites for hydroxylation is 2. The van der Waals surface area contributed by atoms with Gasteiger partial charge in [-0.2, -0.15) is 0 Å². The Morgan fingerprint density at radius 3 is 2.00 bits per heavy atom. The third-order valence-corrected chi connectivity index (χ3v) is 8.41. The summed E-state index contributed by atoms with van der Waals surface area (Å²) in [6, 6.07) is 24.2. The normalized spacial score (nSPS) is 12.8. The average molecular weight is 578 g/mol. The van der Waals surface area contributed by atoms with E-state index >= 15 is 0 Å². The van der Waals surface area contributed by atoms with E-state index in [0.717, 1.165) is 28.7 Å². The lowest BCUT2D eigenvalue weighted by Gasteiger charge is -2.32. The molecular formula is C33H43N3O4S. The maximum absolute atomic E-state index is 13.9. The van der Waals surface area contributed by atoms with E-state index < -0.39 is 16.1 Å². The molecule has 220 valence electrons. The van der Waals surface area contributed by atoms with Gasteiger partial charge in [0, 0.05) is 32.0 Å². The number of carbonyl (C=O) groups is 2. The van der Waals surface area contributed by atoms with Crippen LogP contribution in [-0.2, 0) is 32.6 Å². The van der Waals surface area contributed by atoms with Crippen LogP contribution in [0.3, 0.4) is 0 Å². The van der Waals surface area contributed by atoms with Gasteiger partial charge in [-0.25, -0.2) is 8.42 Å². The van der Waals surface area contributed by atoms with E-state index in [0.29, 0.717) is 18.5 Å². The first-order chi connectivity index (χ1) is 19.5. The molecule has 0 radical (unpaired) electrons. The number of nitrogens with zero attached hydrogens (tertiary/aromatic N) is 2. The zero-order chi connectivity index (χ0) is 30.0. The summed E-state index contributed by atoms with van der Waals surface area (Å²) in [6.45, 7) is 8.35. The largest absolute Gasteiger partial charge is 0.352 e. The molecule has 41 heavy (non-hydrogen) atoms. The van der Waals surface area contributed by atoms with E-state index in [4.69, 9.17) is 0 Å². The first-order valence-corrected chi connectivity index (χ1v) is 16.1. The second-order valence-electron chi connectivity index (χ2n) is 10.8. The highest BCUT2D eigenvalue weighted by Gasteiger charge is 2.31. The first-order valence-electron chi connectivity index (χ1n) is 14.2. The van der Waals surface area contributed by atoms with Crippen LogP contribution in [0.15, 0.2) is 78.9 Å². The molecule has 3 aromatic rings. The minimum atomic E-state index is -3.54. The topological polar surface area (TPSA) is 86.8 Å². The number of sulfonamides is 1. The van der Waals surface area contributed by atoms with Crippen LogP contribution >= 0.6 is 0 Å². The zero-order valence-electron chi connectivity index (χ0n) is 24.8. The zero-order valence-corrected chi connectivity index (χ0v) is 25.7. The Morgan fingerprint density at radius 1 is 0.854 bits per heavy atom. The third-order valence-electron chi connectivity index (χ3n) is 7.22. The van der Waals surface area contributed by atoms with Gasteiger partial charge in [0.05, 0.1) is 11.9 Å². The smallest absolute Gasteiger partial charge is 0.243 e. The molecule has 1 N–H and O–H groups in total. The Bertz CT molecular complexity index is 1370. The van der Waals surface area contributed by atoms with Gasteiger partial charge >= 0.3 is 0 Å². The molecule has 3 aromatic carbocycles. The van der Waals surface area contributed by atoms with Gasteiger partial charge in [-0.3, -0.25) is 13.9 Å². The predicted octanol–water partition coefficient (Wildman–Crippen LogP) is 5.40. The lowest BCUT2D eigenvalue weighted by Crippen LogP contribution is -2.52. The molecule has 0 aliphatic rings. The highest BCUT2D eigenvalue weighted by atomic mass is 32.2. The Hall–Kier alpha value is -3.65. The molecule has 0 aromatic heterocycles. The maximum atomic E-state index is 13.9. The summed E-state index contributed by atoms with van der Waals surface area (Å²) in [4.78, 5) is 29.2. The Labute approximate surface area is 245 Å². The fourth-order valence-electron chi connectivity index (χ4n) is 4.60. The maximum Gasteiger partial charge on any atom is 0.243 e. The molecule has 2 amide bonds. The van der Waals surface area contributed by atoms with Crippen LogP contribution < -0.4 is 9.62 Å². The van der Waals surface area contributed by atoms with Crippen LogP contribution in [0.2, 0.25) is 0 Å². The molecule has 0 saturated heterocycles. The van der Waals surface area contributed by atoms with Crippen molar-refractivity contribution in [3.63, 3.8) is 0 Å². The predicted molar refractivity (Wildman–Crippen MR) is 166 cm³/mol. The molecule has 0 aliphatic carbocycles. The van der Waals surface area contributed by atoms with Gasteiger partial charge in [0.25, 0.3) is 0 Å². The highest BCUT2D eigenvalue weighted by molar-refractivity contribution is 7.92. The van der Waals surface area contributed by atoms with Gasteiger partial charge in [-0.15, -0.1) is 0 Å². The van der Waals surface area contributed by atoms with E-state index in [-0.39, 0.29) is 37.4 Å². The third kappa shape index (κ3) is 9.74. The summed E-state index contributed by atoms with van der Waals surface area (Å²) in [5.74, 6) is -0.385. The van der Waals surface area contributed by atoms with Gasteiger partial charge in [0.2, 0.25) is 21.8 Å². The fourth-order valence-corrected chi connectivity index (χ4v) is 5.57. The molecule has 0 fully saturated rings. The monoisotopic (exact) mass is 577 g/mol. The van der Waals surface area contributed by atoms with Crippen molar-refractivity contribution in [1.29, 1.82) is 0 Å². The van der Waals surface area contributed by atoms with Crippen LogP contribution in [0, 0.1) is 13.8 Å². The molecule has 0 spiro atoms. The van der Waals surface area contributed by atoms with Crippen molar-refractivity contribution in [3.05, 3.63) is 101 Å². The van der Waals surface area contributed by atoms with E-state index in [1.54, 1.807) is 17.0 Å². The van der Waals surface area contributed by atoms with Crippen molar-refractivity contribution in [2.75, 3.05) is 17.1 Å². The van der Waals surface area contributed by atoms with E-state index in [1.807, 2.05) is 94.4 Å². The minimum absolute atomic E-state index is 0.0325. The molecule has 0 unspecified atom stereocenters. The SMILES string of the molecule is CC[C@@H](C)NC(=O)[C@@H](Cc1ccccc1)N(Cc1ccc(C)cc1)C(=O)CCCN(c1ccc(C)cc1)S(C)(=O)=O. The Balaban J connectivity index is 1.88. The molecule has 2 atom stereocenters. The van der Waals surface area contributed by atoms with E-state index in [9.17, 15) is 18.0 Å². The molecule has 0 aliphatic heterocycles. The number of carbonyl (C=O) groups excluding carboxylic acids is 2. The number of rotatable bonds is 14. The molecule has 0 heterocycles. The van der Waals surface area contributed by atoms with Crippen molar-refractivity contribution < 1.29 is 18.0 Å². The summed E-state index contributed by atoms with van der Waals surface area (Å²) in [6.07, 6.45) is 2.74. The van der Waals surface area contributed by atoms with Gasteiger partial charge in [-0.05, 0) is 56.9 Å². The second kappa shape index (κ2) is 14.8. The number of anilines is 1. The number of hydrogen-bond donors (Lipinski definition) is 1. The molecule has 0 saturated carbocycles. The molecule has 0 bridgehead atoms. The fraction of sp³-hybridized carbons (Fsp3) is 0.394. The van der Waals surface area contributed by atoms with Crippen LogP contribution in [0.4, 0.5) is 5.69 Å². The Kier molecular flexibility index (Phi) is 11.5. The van der Waals surface area contributed by atoms with Gasteiger partial charge in [0.1, 0.15) is 6.04 Å². The lowest BCUT2D eigenvalue weighted by molar-refractivity contribution is -0.141. The highest BCUT2D eigenvalue weighted by Crippen LogP contribution is 2.21. The molecule has 7 nitrogen and oxygen atoms in total. The van der Waals surface area contributed by atoms with Gasteiger partial charge in [0.15, 0.2) is 0 Å². The van der Waals surface area contributed by atoms with E-state index in [2.05, 4.69) is 5.32 Å². The van der Waals surface area contributed by atoms with Crippen LogP contribution in [0.1, 0.15) is 55.4 Å². The number of benzene rings is 3. The lowest BCUT2D eigenvalue weighted by atomic mass is 10.0. The summed E-state index contributed by atoms with van der Waals surface area (Å²) >= 11 is 0. The molecule has 8 heteroatoms. The average Bonchev–Trinajstić information content (AvgIpc) is 2.94. The van der Waals surface area contributed by atoms with Gasteiger partial charge < -0.3 is 10.2 Å². The standard InChI is InChI=1S/C33H43N3O4S/c1-6-27(4)34-33(38)31(23-28-11-8-7-9-12-28)35(24-29-18-14-25(2)15-19-29)32(37)13-10-22-36(41(5,39)40)30-20-16-26(3)17-21-30/h7-9,11-12,14-21,27,31H,6,10,13,22-24H2,1-5H3,(H,34,38)/t27-,31-/m1/s1. The van der Waals surface area contributed by atoms with Crippen molar-refractivity contribution in [3.8, 4) is 0 Å². The number of nitrogens with one attached hydrogen (secondary N) is 1. The van der Waals surface area contributed by atoms with E-state index in [1.165, 1.54) is 10.6 Å². The van der Waals surface area contributed by atoms with Crippen LogP contribution in [0.5, 0.6) is 0 Å². The van der Waals surface area contributed by atoms with Gasteiger partial charge in [-0.1, -0.05) is 84.8 Å². The van der Waals surface area contributed by atoms with Crippen molar-refractivity contribution in [2.24, 2.45) is 0 Å². The quantitative estimate of drug-likeness (QED) is 0.278. The number of hydrogen-bond acceptors (Lipinski definition) is 4. The second-order valence-corrected chi connectivity index (χ2v) is 12.7. The number of amides is 2.